The van der Waals surface area contributed by atoms with Gasteiger partial charge in [0.2, 0.25) is 0 Å². The van der Waals surface area contributed by atoms with Gasteiger partial charge < -0.3 is 15.5 Å². The zero-order valence-electron chi connectivity index (χ0n) is 13.8. The number of amides is 1. The second-order valence-corrected chi connectivity index (χ2v) is 5.68. The van der Waals surface area contributed by atoms with Gasteiger partial charge >= 0.3 is 0 Å². The summed E-state index contributed by atoms with van der Waals surface area (Å²) in [5.74, 6) is 0.542. The lowest BCUT2D eigenvalue weighted by Gasteiger charge is -2.37. The Morgan fingerprint density at radius 3 is 2.73 bits per heavy atom. The van der Waals surface area contributed by atoms with E-state index in [2.05, 4.69) is 39.3 Å². The predicted molar refractivity (Wildman–Crippen MR) is 89.3 cm³/mol. The van der Waals surface area contributed by atoms with E-state index in [1.54, 1.807) is 25.4 Å². The molecule has 1 fully saturated rings. The molecule has 1 aliphatic rings. The van der Waals surface area contributed by atoms with Crippen molar-refractivity contribution in [3.05, 3.63) is 23.9 Å². The van der Waals surface area contributed by atoms with Crippen LogP contribution in [0.2, 0.25) is 0 Å². The van der Waals surface area contributed by atoms with Crippen molar-refractivity contribution in [2.75, 3.05) is 51.6 Å². The standard InChI is InChI=1S/C16H27N5O/c1-4-20-8-10-21(11-9-20)13(2)12-19-15-14(16(22)17-3)6-5-7-18-15/h5-7,13H,4,8-12H2,1-3H3,(H,17,22)(H,18,19)/t13-/m1/s1. The van der Waals surface area contributed by atoms with Gasteiger partial charge in [0.25, 0.3) is 5.91 Å². The molecule has 1 aliphatic heterocycles. The van der Waals surface area contributed by atoms with Crippen molar-refractivity contribution in [2.45, 2.75) is 19.9 Å². The molecule has 6 heteroatoms. The van der Waals surface area contributed by atoms with E-state index in [-0.39, 0.29) is 5.91 Å². The smallest absolute Gasteiger partial charge is 0.254 e. The van der Waals surface area contributed by atoms with E-state index < -0.39 is 0 Å². The lowest BCUT2D eigenvalue weighted by atomic mass is 10.2. The first-order valence-corrected chi connectivity index (χ1v) is 8.03. The highest BCUT2D eigenvalue weighted by atomic mass is 16.1. The van der Waals surface area contributed by atoms with Crippen LogP contribution >= 0.6 is 0 Å². The first-order chi connectivity index (χ1) is 10.7. The Morgan fingerprint density at radius 1 is 1.36 bits per heavy atom. The van der Waals surface area contributed by atoms with Crippen LogP contribution in [-0.2, 0) is 0 Å². The molecule has 2 heterocycles. The molecular formula is C16H27N5O. The van der Waals surface area contributed by atoms with Gasteiger partial charge in [-0.3, -0.25) is 9.69 Å². The molecule has 1 aromatic rings. The van der Waals surface area contributed by atoms with Crippen LogP contribution in [0.5, 0.6) is 0 Å². The third-order valence-electron chi connectivity index (χ3n) is 4.32. The number of hydrogen-bond donors (Lipinski definition) is 2. The highest BCUT2D eigenvalue weighted by Gasteiger charge is 2.20. The third kappa shape index (κ3) is 4.18. The van der Waals surface area contributed by atoms with Gasteiger partial charge in [0, 0.05) is 52.0 Å². The minimum atomic E-state index is -0.111. The number of rotatable bonds is 6. The fraction of sp³-hybridized carbons (Fsp3) is 0.625. The van der Waals surface area contributed by atoms with Crippen molar-refractivity contribution in [1.29, 1.82) is 0 Å². The largest absolute Gasteiger partial charge is 0.368 e. The summed E-state index contributed by atoms with van der Waals surface area (Å²) in [6, 6.07) is 3.99. The average Bonchev–Trinajstić information content (AvgIpc) is 2.59. The zero-order valence-corrected chi connectivity index (χ0v) is 13.8. The summed E-state index contributed by atoms with van der Waals surface area (Å²) in [4.78, 5) is 21.1. The van der Waals surface area contributed by atoms with Crippen molar-refractivity contribution in [3.8, 4) is 0 Å². The van der Waals surface area contributed by atoms with E-state index in [4.69, 9.17) is 0 Å². The number of carbonyl (C=O) groups excluding carboxylic acids is 1. The number of nitrogens with one attached hydrogen (secondary N) is 2. The van der Waals surface area contributed by atoms with E-state index in [0.29, 0.717) is 17.4 Å². The fourth-order valence-electron chi connectivity index (χ4n) is 2.76. The molecule has 0 saturated carbocycles. The van der Waals surface area contributed by atoms with Gasteiger partial charge in [-0.05, 0) is 25.6 Å². The number of carbonyl (C=O) groups is 1. The number of hydrogen-bond acceptors (Lipinski definition) is 5. The van der Waals surface area contributed by atoms with Crippen LogP contribution in [0.4, 0.5) is 5.82 Å². The SMILES string of the molecule is CCN1CCN([C@H](C)CNc2ncccc2C(=O)NC)CC1. The highest BCUT2D eigenvalue weighted by molar-refractivity contribution is 5.98. The van der Waals surface area contributed by atoms with Crippen LogP contribution in [0.15, 0.2) is 18.3 Å². The molecule has 1 aromatic heterocycles. The Labute approximate surface area is 132 Å². The third-order valence-corrected chi connectivity index (χ3v) is 4.32. The first kappa shape index (κ1) is 16.7. The summed E-state index contributed by atoms with van der Waals surface area (Å²) < 4.78 is 0. The van der Waals surface area contributed by atoms with E-state index >= 15 is 0 Å². The van der Waals surface area contributed by atoms with Gasteiger partial charge in [0.05, 0.1) is 5.56 Å². The maximum Gasteiger partial charge on any atom is 0.254 e. The van der Waals surface area contributed by atoms with Gasteiger partial charge in [0.1, 0.15) is 5.82 Å². The molecule has 2 N–H and O–H groups in total. The molecule has 0 bridgehead atoms. The van der Waals surface area contributed by atoms with E-state index in [1.807, 2.05) is 0 Å². The van der Waals surface area contributed by atoms with Crippen LogP contribution < -0.4 is 10.6 Å². The molecule has 2 rings (SSSR count). The Balaban J connectivity index is 1.89. The predicted octanol–water partition coefficient (Wildman–Crippen LogP) is 0.879. The molecule has 22 heavy (non-hydrogen) atoms. The van der Waals surface area contributed by atoms with Gasteiger partial charge in [-0.25, -0.2) is 4.98 Å². The van der Waals surface area contributed by atoms with Crippen LogP contribution in [0.1, 0.15) is 24.2 Å². The summed E-state index contributed by atoms with van der Waals surface area (Å²) >= 11 is 0. The van der Waals surface area contributed by atoms with Crippen LogP contribution in [0.25, 0.3) is 0 Å². The average molecular weight is 305 g/mol. The Hall–Kier alpha value is -1.66. The maximum absolute atomic E-state index is 11.8. The van der Waals surface area contributed by atoms with Crippen molar-refractivity contribution in [3.63, 3.8) is 0 Å². The summed E-state index contributed by atoms with van der Waals surface area (Å²) in [5.41, 5.74) is 0.591. The Bertz CT molecular complexity index is 485. The van der Waals surface area contributed by atoms with Crippen LogP contribution in [-0.4, -0.2) is 73.0 Å². The van der Waals surface area contributed by atoms with E-state index in [0.717, 1.165) is 39.3 Å². The summed E-state index contributed by atoms with van der Waals surface area (Å²) in [6.07, 6.45) is 1.71. The molecule has 1 amide bonds. The monoisotopic (exact) mass is 305 g/mol. The van der Waals surface area contributed by atoms with E-state index in [9.17, 15) is 4.79 Å². The second-order valence-electron chi connectivity index (χ2n) is 5.68. The topological polar surface area (TPSA) is 60.5 Å². The number of pyridine rings is 1. The minimum Gasteiger partial charge on any atom is -0.368 e. The van der Waals surface area contributed by atoms with Crippen molar-refractivity contribution in [1.82, 2.24) is 20.1 Å². The molecule has 1 saturated heterocycles. The normalized spacial score (nSPS) is 18.0. The fourth-order valence-corrected chi connectivity index (χ4v) is 2.76. The van der Waals surface area contributed by atoms with Crippen molar-refractivity contribution >= 4 is 11.7 Å². The number of piperazine rings is 1. The lowest BCUT2D eigenvalue weighted by molar-refractivity contribution is 0.0963. The van der Waals surface area contributed by atoms with Gasteiger partial charge in [-0.1, -0.05) is 6.92 Å². The Morgan fingerprint density at radius 2 is 2.09 bits per heavy atom. The second kappa shape index (κ2) is 8.10. The maximum atomic E-state index is 11.8. The van der Waals surface area contributed by atoms with Crippen LogP contribution in [0.3, 0.4) is 0 Å². The van der Waals surface area contributed by atoms with Crippen molar-refractivity contribution in [2.24, 2.45) is 0 Å². The van der Waals surface area contributed by atoms with Crippen molar-refractivity contribution < 1.29 is 4.79 Å². The molecule has 0 spiro atoms. The number of anilines is 1. The first-order valence-electron chi connectivity index (χ1n) is 8.03. The zero-order chi connectivity index (χ0) is 15.9. The molecule has 0 unspecified atom stereocenters. The molecule has 6 nitrogen and oxygen atoms in total. The van der Waals surface area contributed by atoms with Gasteiger partial charge in [0.15, 0.2) is 0 Å². The quantitative estimate of drug-likeness (QED) is 0.817. The molecule has 0 aliphatic carbocycles. The minimum absolute atomic E-state index is 0.111. The van der Waals surface area contributed by atoms with Crippen LogP contribution in [0, 0.1) is 0 Å². The lowest BCUT2D eigenvalue weighted by Crippen LogP contribution is -2.51. The summed E-state index contributed by atoms with van der Waals surface area (Å²) in [6.45, 7) is 10.8. The van der Waals surface area contributed by atoms with Gasteiger partial charge in [-0.15, -0.1) is 0 Å². The molecule has 122 valence electrons. The molecule has 0 radical (unpaired) electrons. The van der Waals surface area contributed by atoms with E-state index in [1.165, 1.54) is 0 Å². The highest BCUT2D eigenvalue weighted by Crippen LogP contribution is 2.12. The van der Waals surface area contributed by atoms with Gasteiger partial charge in [-0.2, -0.15) is 0 Å². The Kier molecular flexibility index (Phi) is 6.15. The number of aromatic nitrogens is 1. The summed E-state index contributed by atoms with van der Waals surface area (Å²) in [5, 5.41) is 5.97. The molecular weight excluding hydrogens is 278 g/mol. The number of nitrogens with zero attached hydrogens (tertiary/aromatic N) is 3. The summed E-state index contributed by atoms with van der Waals surface area (Å²) in [7, 11) is 1.63. The number of likely N-dealkylation sites (N-methyl/N-ethyl adjacent to an activating group) is 1. The molecule has 0 aromatic carbocycles. The molecule has 1 atom stereocenters.